The minimum Gasteiger partial charge on any atom is -0.378 e. The van der Waals surface area contributed by atoms with Crippen LogP contribution >= 0.6 is 0 Å². The normalized spacial score (nSPS) is 17.1. The average Bonchev–Trinajstić information content (AvgIpc) is 2.99. The molecular formula is C18H27NO2. The summed E-state index contributed by atoms with van der Waals surface area (Å²) in [6.07, 6.45) is 5.59. The van der Waals surface area contributed by atoms with Crippen molar-refractivity contribution in [1.82, 2.24) is 5.32 Å². The number of benzene rings is 1. The lowest BCUT2D eigenvalue weighted by atomic mass is 9.91. The molecule has 1 aliphatic carbocycles. The van der Waals surface area contributed by atoms with Gasteiger partial charge in [0.15, 0.2) is 0 Å². The third kappa shape index (κ3) is 5.16. The third-order valence-corrected chi connectivity index (χ3v) is 4.13. The quantitative estimate of drug-likeness (QED) is 0.828. The van der Waals surface area contributed by atoms with Crippen LogP contribution in [0.25, 0.3) is 0 Å². The first-order valence-corrected chi connectivity index (χ1v) is 8.12. The van der Waals surface area contributed by atoms with Crippen LogP contribution in [0.2, 0.25) is 0 Å². The van der Waals surface area contributed by atoms with Crippen LogP contribution < -0.4 is 5.32 Å². The Kier molecular flexibility index (Phi) is 6.24. The molecule has 0 aliphatic heterocycles. The van der Waals surface area contributed by atoms with Gasteiger partial charge in [-0.2, -0.15) is 0 Å². The number of hydrogen-bond acceptors (Lipinski definition) is 2. The van der Waals surface area contributed by atoms with Gasteiger partial charge in [-0.05, 0) is 38.2 Å². The standard InChI is InChI=1S/C18H27NO2/c1-14(2)21-13-12-17(20)19-18(16-10-6-7-11-16)15-8-4-3-5-9-15/h3-5,8-9,14,16,18H,6-7,10-13H2,1-2H3,(H,19,20). The van der Waals surface area contributed by atoms with E-state index in [0.29, 0.717) is 18.9 Å². The third-order valence-electron chi connectivity index (χ3n) is 4.13. The van der Waals surface area contributed by atoms with Crippen molar-refractivity contribution in [1.29, 1.82) is 0 Å². The van der Waals surface area contributed by atoms with Crippen LogP contribution in [-0.2, 0) is 9.53 Å². The minimum atomic E-state index is 0.0939. The Balaban J connectivity index is 1.94. The fourth-order valence-electron chi connectivity index (χ4n) is 3.06. The zero-order valence-electron chi connectivity index (χ0n) is 13.2. The van der Waals surface area contributed by atoms with E-state index in [1.807, 2.05) is 32.0 Å². The summed E-state index contributed by atoms with van der Waals surface area (Å²) in [4.78, 5) is 12.2. The molecule has 1 amide bonds. The first-order chi connectivity index (χ1) is 10.2. The maximum atomic E-state index is 12.2. The van der Waals surface area contributed by atoms with Gasteiger partial charge in [0.1, 0.15) is 0 Å². The summed E-state index contributed by atoms with van der Waals surface area (Å²) in [6.45, 7) is 4.47. The van der Waals surface area contributed by atoms with Gasteiger partial charge in [-0.1, -0.05) is 43.2 Å². The van der Waals surface area contributed by atoms with Crippen LogP contribution in [0.1, 0.15) is 57.6 Å². The highest BCUT2D eigenvalue weighted by atomic mass is 16.5. The van der Waals surface area contributed by atoms with E-state index in [9.17, 15) is 4.79 Å². The molecule has 1 aromatic carbocycles. The Morgan fingerprint density at radius 3 is 2.52 bits per heavy atom. The minimum absolute atomic E-state index is 0.0939. The molecule has 1 saturated carbocycles. The number of amides is 1. The number of carbonyl (C=O) groups excluding carboxylic acids is 1. The molecule has 1 fully saturated rings. The fraction of sp³-hybridized carbons (Fsp3) is 0.611. The van der Waals surface area contributed by atoms with E-state index < -0.39 is 0 Å². The molecular weight excluding hydrogens is 262 g/mol. The number of ether oxygens (including phenoxy) is 1. The molecule has 0 spiro atoms. The average molecular weight is 289 g/mol. The van der Waals surface area contributed by atoms with E-state index in [1.54, 1.807) is 0 Å². The number of carbonyl (C=O) groups is 1. The van der Waals surface area contributed by atoms with E-state index in [4.69, 9.17) is 4.74 Å². The summed E-state index contributed by atoms with van der Waals surface area (Å²) >= 11 is 0. The highest BCUT2D eigenvalue weighted by molar-refractivity contribution is 5.76. The highest BCUT2D eigenvalue weighted by Gasteiger charge is 2.27. The van der Waals surface area contributed by atoms with Crippen molar-refractivity contribution >= 4 is 5.91 Å². The van der Waals surface area contributed by atoms with Crippen molar-refractivity contribution in [3.63, 3.8) is 0 Å². The van der Waals surface area contributed by atoms with Gasteiger partial charge in [-0.3, -0.25) is 4.79 Å². The second-order valence-corrected chi connectivity index (χ2v) is 6.17. The summed E-state index contributed by atoms with van der Waals surface area (Å²) in [5.74, 6) is 0.666. The van der Waals surface area contributed by atoms with Crippen molar-refractivity contribution in [2.45, 2.75) is 58.1 Å². The maximum Gasteiger partial charge on any atom is 0.222 e. The molecule has 1 aromatic rings. The van der Waals surface area contributed by atoms with Crippen molar-refractivity contribution in [3.8, 4) is 0 Å². The first-order valence-electron chi connectivity index (χ1n) is 8.12. The van der Waals surface area contributed by atoms with Crippen LogP contribution in [0.4, 0.5) is 0 Å². The summed E-state index contributed by atoms with van der Waals surface area (Å²) in [5.41, 5.74) is 1.22. The largest absolute Gasteiger partial charge is 0.378 e. The van der Waals surface area contributed by atoms with Gasteiger partial charge in [0.2, 0.25) is 5.91 Å². The molecule has 1 aliphatic rings. The van der Waals surface area contributed by atoms with Crippen LogP contribution in [0.5, 0.6) is 0 Å². The van der Waals surface area contributed by atoms with Crippen LogP contribution in [0.15, 0.2) is 30.3 Å². The van der Waals surface area contributed by atoms with E-state index in [1.165, 1.54) is 31.2 Å². The summed E-state index contributed by atoms with van der Waals surface area (Å²) < 4.78 is 5.46. The van der Waals surface area contributed by atoms with Crippen molar-refractivity contribution in [2.24, 2.45) is 5.92 Å². The number of hydrogen-bond donors (Lipinski definition) is 1. The second kappa shape index (κ2) is 8.18. The Labute approximate surface area is 128 Å². The zero-order valence-corrected chi connectivity index (χ0v) is 13.2. The monoisotopic (exact) mass is 289 g/mol. The molecule has 0 aromatic heterocycles. The molecule has 2 rings (SSSR count). The SMILES string of the molecule is CC(C)OCCC(=O)NC(c1ccccc1)C1CCCC1. The molecule has 116 valence electrons. The van der Waals surface area contributed by atoms with Crippen molar-refractivity contribution in [2.75, 3.05) is 6.61 Å². The van der Waals surface area contributed by atoms with E-state index in [-0.39, 0.29) is 18.1 Å². The molecule has 1 atom stereocenters. The Morgan fingerprint density at radius 2 is 1.90 bits per heavy atom. The van der Waals surface area contributed by atoms with Gasteiger partial charge in [0, 0.05) is 6.42 Å². The van der Waals surface area contributed by atoms with Crippen molar-refractivity contribution in [3.05, 3.63) is 35.9 Å². The van der Waals surface area contributed by atoms with Gasteiger partial charge >= 0.3 is 0 Å². The predicted molar refractivity (Wildman–Crippen MR) is 85.0 cm³/mol. The van der Waals surface area contributed by atoms with E-state index in [2.05, 4.69) is 17.4 Å². The highest BCUT2D eigenvalue weighted by Crippen LogP contribution is 2.35. The van der Waals surface area contributed by atoms with E-state index >= 15 is 0 Å². The maximum absolute atomic E-state index is 12.2. The van der Waals surface area contributed by atoms with Crippen LogP contribution in [0, 0.1) is 5.92 Å². The van der Waals surface area contributed by atoms with Crippen molar-refractivity contribution < 1.29 is 9.53 Å². The summed E-state index contributed by atoms with van der Waals surface area (Å²) in [7, 11) is 0. The molecule has 0 heterocycles. The number of nitrogens with one attached hydrogen (secondary N) is 1. The van der Waals surface area contributed by atoms with Crippen LogP contribution in [-0.4, -0.2) is 18.6 Å². The van der Waals surface area contributed by atoms with Gasteiger partial charge in [0.25, 0.3) is 0 Å². The van der Waals surface area contributed by atoms with Crippen LogP contribution in [0.3, 0.4) is 0 Å². The smallest absolute Gasteiger partial charge is 0.222 e. The summed E-state index contributed by atoms with van der Waals surface area (Å²) in [6, 6.07) is 10.5. The molecule has 0 radical (unpaired) electrons. The molecule has 0 saturated heterocycles. The zero-order chi connectivity index (χ0) is 15.1. The van der Waals surface area contributed by atoms with E-state index in [0.717, 1.165) is 0 Å². The summed E-state index contributed by atoms with van der Waals surface area (Å²) in [5, 5.41) is 3.23. The lowest BCUT2D eigenvalue weighted by molar-refractivity contribution is -0.123. The molecule has 1 unspecified atom stereocenters. The Morgan fingerprint density at radius 1 is 1.24 bits per heavy atom. The Bertz CT molecular complexity index is 424. The molecule has 1 N–H and O–H groups in total. The molecule has 21 heavy (non-hydrogen) atoms. The van der Waals surface area contributed by atoms with Gasteiger partial charge < -0.3 is 10.1 Å². The lowest BCUT2D eigenvalue weighted by Gasteiger charge is -2.25. The topological polar surface area (TPSA) is 38.3 Å². The molecule has 3 heteroatoms. The predicted octanol–water partition coefficient (Wildman–Crippen LogP) is 3.85. The van der Waals surface area contributed by atoms with Gasteiger partial charge in [0.05, 0.1) is 18.8 Å². The van der Waals surface area contributed by atoms with Gasteiger partial charge in [-0.25, -0.2) is 0 Å². The first kappa shape index (κ1) is 16.0. The second-order valence-electron chi connectivity index (χ2n) is 6.17. The molecule has 0 bridgehead atoms. The molecule has 3 nitrogen and oxygen atoms in total. The number of rotatable bonds is 7. The fourth-order valence-corrected chi connectivity index (χ4v) is 3.06. The Hall–Kier alpha value is -1.35. The lowest BCUT2D eigenvalue weighted by Crippen LogP contribution is -2.33. The van der Waals surface area contributed by atoms with Gasteiger partial charge in [-0.15, -0.1) is 0 Å².